The quantitative estimate of drug-likeness (QED) is 0.294. The number of halogens is 3. The molecule has 0 saturated heterocycles. The number of benzene rings is 2. The van der Waals surface area contributed by atoms with Crippen LogP contribution < -0.4 is 20.5 Å². The molecule has 214 valence electrons. The third-order valence-corrected chi connectivity index (χ3v) is 6.58. The van der Waals surface area contributed by atoms with E-state index in [9.17, 15) is 18.4 Å². The third kappa shape index (κ3) is 5.90. The van der Waals surface area contributed by atoms with Gasteiger partial charge in [0.2, 0.25) is 0 Å². The first-order valence-corrected chi connectivity index (χ1v) is 13.2. The average Bonchev–Trinajstić information content (AvgIpc) is 3.39. The number of rotatable bonds is 6. The molecule has 0 radical (unpaired) electrons. The largest absolute Gasteiger partial charge is 0.485 e. The number of carbonyl (C=O) groups is 2. The van der Waals surface area contributed by atoms with Crippen molar-refractivity contribution in [3.63, 3.8) is 0 Å². The highest BCUT2D eigenvalue weighted by atomic mass is 35.5. The van der Waals surface area contributed by atoms with Crippen LogP contribution in [-0.4, -0.2) is 33.5 Å². The van der Waals surface area contributed by atoms with Crippen molar-refractivity contribution in [2.45, 2.75) is 45.9 Å². The van der Waals surface area contributed by atoms with Crippen LogP contribution in [0.15, 0.2) is 54.7 Å². The van der Waals surface area contributed by atoms with E-state index < -0.39 is 41.9 Å². The fourth-order valence-electron chi connectivity index (χ4n) is 4.67. The minimum Gasteiger partial charge on any atom is -0.485 e. The molecule has 1 aliphatic heterocycles. The number of imidazole rings is 1. The maximum absolute atomic E-state index is 14.1. The zero-order chi connectivity index (χ0) is 29.5. The maximum Gasteiger partial charge on any atom is 0.426 e. The van der Waals surface area contributed by atoms with Crippen molar-refractivity contribution in [1.29, 1.82) is 0 Å². The lowest BCUT2D eigenvalue weighted by molar-refractivity contribution is 0.0521. The summed E-state index contributed by atoms with van der Waals surface area (Å²) in [5.74, 6) is -1.77. The first-order chi connectivity index (χ1) is 19.4. The van der Waals surface area contributed by atoms with E-state index in [0.717, 1.165) is 23.4 Å². The number of nitrogens with zero attached hydrogens (tertiary/aromatic N) is 3. The molecule has 4 aromatic rings. The molecular formula is C29H28ClF2N5O4. The molecule has 1 unspecified atom stereocenters. The summed E-state index contributed by atoms with van der Waals surface area (Å²) >= 11 is 6.34. The van der Waals surface area contributed by atoms with E-state index in [2.05, 4.69) is 15.7 Å². The van der Waals surface area contributed by atoms with Crippen molar-refractivity contribution in [2.24, 2.45) is 0 Å². The Hall–Kier alpha value is -4.38. The predicted molar refractivity (Wildman–Crippen MR) is 149 cm³/mol. The lowest BCUT2D eigenvalue weighted by atomic mass is 10.1. The number of ether oxygens (including phenoxy) is 2. The Balaban J connectivity index is 1.39. The summed E-state index contributed by atoms with van der Waals surface area (Å²) in [6.07, 6.45) is 0.899. The highest BCUT2D eigenvalue weighted by Crippen LogP contribution is 2.34. The lowest BCUT2D eigenvalue weighted by Crippen LogP contribution is -2.45. The van der Waals surface area contributed by atoms with Crippen molar-refractivity contribution >= 4 is 34.9 Å². The van der Waals surface area contributed by atoms with E-state index in [0.29, 0.717) is 5.69 Å². The molecule has 3 heterocycles. The van der Waals surface area contributed by atoms with Gasteiger partial charge in [-0.25, -0.2) is 24.0 Å². The standard InChI is InChI=1S/C29H28ClF2N5O4/c1-16-25(36-13-17(30)12-24(26(36)33-16)40-15-19-20(31)9-7-10-21(19)32)27(38)34-22-14-37(23-11-6-5-8-18(22)23)35-28(39)41-29(2,3)4/h5-13,22H,14-15H2,1-4H3,(H,34,38)(H,35,39). The van der Waals surface area contributed by atoms with Gasteiger partial charge in [0.25, 0.3) is 5.91 Å². The summed E-state index contributed by atoms with van der Waals surface area (Å²) in [5, 5.41) is 4.87. The number of para-hydroxylation sites is 1. The van der Waals surface area contributed by atoms with E-state index in [1.165, 1.54) is 22.7 Å². The number of aryl methyl sites for hydroxylation is 1. The number of fused-ring (bicyclic) bond motifs is 2. The number of pyridine rings is 1. The second kappa shape index (κ2) is 10.9. The Morgan fingerprint density at radius 2 is 1.83 bits per heavy atom. The molecule has 0 spiro atoms. The summed E-state index contributed by atoms with van der Waals surface area (Å²) in [4.78, 5) is 30.6. The SMILES string of the molecule is Cc1nc2c(OCc3c(F)cccc3F)cc(Cl)cn2c1C(=O)NC1CN(NC(=O)OC(C)(C)C)c2ccccc21. The van der Waals surface area contributed by atoms with Crippen LogP contribution in [0.1, 0.15) is 54.1 Å². The highest BCUT2D eigenvalue weighted by Gasteiger charge is 2.33. The van der Waals surface area contributed by atoms with Gasteiger partial charge >= 0.3 is 6.09 Å². The van der Waals surface area contributed by atoms with E-state index >= 15 is 0 Å². The third-order valence-electron chi connectivity index (χ3n) is 6.37. The Kier molecular flexibility index (Phi) is 7.48. The lowest BCUT2D eigenvalue weighted by Gasteiger charge is -2.25. The second-order valence-electron chi connectivity index (χ2n) is 10.6. The summed E-state index contributed by atoms with van der Waals surface area (Å²) in [6, 6.07) is 11.9. The summed E-state index contributed by atoms with van der Waals surface area (Å²) < 4.78 is 40.9. The highest BCUT2D eigenvalue weighted by molar-refractivity contribution is 6.30. The number of hydrazine groups is 1. The average molecular weight is 584 g/mol. The zero-order valence-corrected chi connectivity index (χ0v) is 23.6. The molecule has 41 heavy (non-hydrogen) atoms. The number of hydrogen-bond acceptors (Lipinski definition) is 6. The molecule has 2 aromatic carbocycles. The minimum atomic E-state index is -0.741. The van der Waals surface area contributed by atoms with E-state index in [1.807, 2.05) is 24.3 Å². The smallest absolute Gasteiger partial charge is 0.426 e. The van der Waals surface area contributed by atoms with Gasteiger partial charge in [-0.2, -0.15) is 0 Å². The zero-order valence-electron chi connectivity index (χ0n) is 22.8. The summed E-state index contributed by atoms with van der Waals surface area (Å²) in [6.45, 7) is 6.83. The molecular weight excluding hydrogens is 556 g/mol. The molecule has 1 atom stereocenters. The number of aromatic nitrogens is 2. The molecule has 2 amide bonds. The Morgan fingerprint density at radius 1 is 1.12 bits per heavy atom. The van der Waals surface area contributed by atoms with Gasteiger partial charge in [-0.3, -0.25) is 14.2 Å². The Morgan fingerprint density at radius 3 is 2.54 bits per heavy atom. The molecule has 2 aromatic heterocycles. The first kappa shape index (κ1) is 28.2. The van der Waals surface area contributed by atoms with Crippen LogP contribution in [0.3, 0.4) is 0 Å². The van der Waals surface area contributed by atoms with Gasteiger partial charge in [0.1, 0.15) is 29.5 Å². The van der Waals surface area contributed by atoms with Gasteiger partial charge in [0.05, 0.1) is 34.6 Å². The van der Waals surface area contributed by atoms with E-state index in [4.69, 9.17) is 21.1 Å². The molecule has 0 saturated carbocycles. The number of nitrogens with one attached hydrogen (secondary N) is 2. The maximum atomic E-state index is 14.1. The van der Waals surface area contributed by atoms with Crippen LogP contribution in [0.5, 0.6) is 5.75 Å². The second-order valence-corrected chi connectivity index (χ2v) is 11.0. The monoisotopic (exact) mass is 583 g/mol. The van der Waals surface area contributed by atoms with Crippen LogP contribution in [0.4, 0.5) is 19.3 Å². The van der Waals surface area contributed by atoms with Crippen molar-refractivity contribution in [2.75, 3.05) is 11.6 Å². The predicted octanol–water partition coefficient (Wildman–Crippen LogP) is 5.88. The van der Waals surface area contributed by atoms with E-state index in [1.54, 1.807) is 32.7 Å². The topological polar surface area (TPSA) is 97.2 Å². The van der Waals surface area contributed by atoms with Crippen molar-refractivity contribution in [3.8, 4) is 5.75 Å². The molecule has 0 fully saturated rings. The summed E-state index contributed by atoms with van der Waals surface area (Å²) in [5.41, 5.74) is 4.20. The van der Waals surface area contributed by atoms with Gasteiger partial charge in [-0.1, -0.05) is 35.9 Å². The first-order valence-electron chi connectivity index (χ1n) is 12.8. The Bertz CT molecular complexity index is 1630. The number of carbonyl (C=O) groups excluding carboxylic acids is 2. The van der Waals surface area contributed by atoms with Crippen molar-refractivity contribution < 1.29 is 27.8 Å². The fourth-order valence-corrected chi connectivity index (χ4v) is 4.87. The van der Waals surface area contributed by atoms with Gasteiger partial charge in [0.15, 0.2) is 11.4 Å². The molecule has 9 nitrogen and oxygen atoms in total. The molecule has 2 N–H and O–H groups in total. The molecule has 0 aliphatic carbocycles. The fraction of sp³-hybridized carbons (Fsp3) is 0.276. The normalized spacial score (nSPS) is 14.6. The van der Waals surface area contributed by atoms with Crippen molar-refractivity contribution in [1.82, 2.24) is 20.1 Å². The Labute approximate surface area is 240 Å². The molecule has 12 heteroatoms. The van der Waals surface area contributed by atoms with Gasteiger partial charge in [-0.15, -0.1) is 0 Å². The number of anilines is 1. The van der Waals surface area contributed by atoms with Gasteiger partial charge < -0.3 is 14.8 Å². The van der Waals surface area contributed by atoms with E-state index in [-0.39, 0.29) is 34.2 Å². The van der Waals surface area contributed by atoms with Crippen molar-refractivity contribution in [3.05, 3.63) is 93.9 Å². The minimum absolute atomic E-state index is 0.154. The number of hydrogen-bond donors (Lipinski definition) is 2. The van der Waals surface area contributed by atoms with Crippen LogP contribution >= 0.6 is 11.6 Å². The van der Waals surface area contributed by atoms with Crippen LogP contribution in [0.2, 0.25) is 5.02 Å². The van der Waals surface area contributed by atoms with Crippen LogP contribution in [-0.2, 0) is 11.3 Å². The molecule has 5 rings (SSSR count). The molecule has 0 bridgehead atoms. The van der Waals surface area contributed by atoms with Gasteiger partial charge in [0, 0.05) is 17.8 Å². The van der Waals surface area contributed by atoms with Crippen LogP contribution in [0.25, 0.3) is 5.65 Å². The van der Waals surface area contributed by atoms with Crippen LogP contribution in [0, 0.1) is 18.6 Å². The van der Waals surface area contributed by atoms with Gasteiger partial charge in [-0.05, 0) is 45.9 Å². The summed E-state index contributed by atoms with van der Waals surface area (Å²) in [7, 11) is 0. The molecule has 1 aliphatic rings. The number of amides is 2.